The summed E-state index contributed by atoms with van der Waals surface area (Å²) in [5, 5.41) is 15.4. The number of aliphatic hydroxyl groups excluding tert-OH is 1. The maximum absolute atomic E-state index is 13.1. The zero-order valence-corrected chi connectivity index (χ0v) is 28.9. The number of aliphatic hydroxyl groups is 1. The number of imidazole rings is 2. The summed E-state index contributed by atoms with van der Waals surface area (Å²) in [4.78, 5) is 68.5. The van der Waals surface area contributed by atoms with Gasteiger partial charge in [-0.2, -0.15) is 0 Å². The zero-order valence-electron chi connectivity index (χ0n) is 28.9. The lowest BCUT2D eigenvalue weighted by Gasteiger charge is -2.26. The molecule has 4 heterocycles. The second kappa shape index (κ2) is 15.0. The van der Waals surface area contributed by atoms with Gasteiger partial charge < -0.3 is 45.0 Å². The molecule has 6 rings (SSSR count). The van der Waals surface area contributed by atoms with Crippen LogP contribution in [0.3, 0.4) is 0 Å². The largest absolute Gasteiger partial charge is 0.453 e. The average molecular weight is 699 g/mol. The van der Waals surface area contributed by atoms with E-state index in [1.165, 1.54) is 19.1 Å². The molecule has 0 radical (unpaired) electrons. The number of benzene rings is 2. The fraction of sp³-hybridized carbons (Fsp3) is 0.389. The Morgan fingerprint density at radius 3 is 1.69 bits per heavy atom. The van der Waals surface area contributed by atoms with Crippen LogP contribution in [0, 0.1) is 0 Å². The van der Waals surface area contributed by atoms with Crippen molar-refractivity contribution in [2.24, 2.45) is 0 Å². The summed E-state index contributed by atoms with van der Waals surface area (Å²) >= 11 is 0. The van der Waals surface area contributed by atoms with Crippen molar-refractivity contribution in [1.29, 1.82) is 0 Å². The third kappa shape index (κ3) is 7.57. The normalized spacial score (nSPS) is 19.7. The van der Waals surface area contributed by atoms with E-state index in [0.29, 0.717) is 24.6 Å². The van der Waals surface area contributed by atoms with E-state index in [-0.39, 0.29) is 24.4 Å². The first-order chi connectivity index (χ1) is 24.6. The average Bonchev–Trinajstić information content (AvgIpc) is 3.97. The van der Waals surface area contributed by atoms with Crippen LogP contribution < -0.4 is 10.6 Å². The second-order valence-corrected chi connectivity index (χ2v) is 12.8. The molecule has 0 unspecified atom stereocenters. The Bertz CT molecular complexity index is 1870. The molecule has 51 heavy (non-hydrogen) atoms. The van der Waals surface area contributed by atoms with Crippen LogP contribution in [-0.4, -0.2) is 104 Å². The molecule has 15 heteroatoms. The highest BCUT2D eigenvalue weighted by Crippen LogP contribution is 2.34. The monoisotopic (exact) mass is 698 g/mol. The number of hydrogen-bond donors (Lipinski definition) is 5. The van der Waals surface area contributed by atoms with Crippen molar-refractivity contribution in [3.05, 3.63) is 72.6 Å². The third-order valence-electron chi connectivity index (χ3n) is 9.43. The molecular weight excluding hydrogens is 656 g/mol. The Hall–Kier alpha value is -5.70. The van der Waals surface area contributed by atoms with Gasteiger partial charge in [0.15, 0.2) is 0 Å². The lowest BCUT2D eigenvalue weighted by Crippen LogP contribution is -2.47. The molecule has 5 N–H and O–H groups in total. The highest BCUT2D eigenvalue weighted by Gasteiger charge is 2.39. The molecule has 2 aliphatic heterocycles. The molecule has 2 aliphatic rings. The van der Waals surface area contributed by atoms with E-state index in [1.807, 2.05) is 48.5 Å². The van der Waals surface area contributed by atoms with Crippen molar-refractivity contribution >= 4 is 24.0 Å². The topological polar surface area (TPSA) is 195 Å². The predicted molar refractivity (Wildman–Crippen MR) is 186 cm³/mol. The first kappa shape index (κ1) is 35.1. The van der Waals surface area contributed by atoms with E-state index in [0.717, 1.165) is 46.5 Å². The molecule has 2 aromatic heterocycles. The second-order valence-electron chi connectivity index (χ2n) is 12.8. The smallest absolute Gasteiger partial charge is 0.407 e. The molecule has 268 valence electrons. The van der Waals surface area contributed by atoms with Crippen molar-refractivity contribution in [1.82, 2.24) is 40.4 Å². The van der Waals surface area contributed by atoms with E-state index in [4.69, 9.17) is 0 Å². The number of alkyl carbamates (subject to hydrolysis) is 2. The summed E-state index contributed by atoms with van der Waals surface area (Å²) < 4.78 is 9.24. The van der Waals surface area contributed by atoms with Gasteiger partial charge in [-0.15, -0.1) is 0 Å². The predicted octanol–water partition coefficient (Wildman–Crippen LogP) is 3.92. The molecule has 0 saturated carbocycles. The Kier molecular flexibility index (Phi) is 10.4. The van der Waals surface area contributed by atoms with Gasteiger partial charge >= 0.3 is 12.2 Å². The maximum atomic E-state index is 13.1. The number of aromatic nitrogens is 4. The number of carbonyl (C=O) groups excluding carboxylic acids is 4. The van der Waals surface area contributed by atoms with Crippen LogP contribution in [-0.2, 0) is 19.1 Å². The molecule has 2 fully saturated rings. The van der Waals surface area contributed by atoms with E-state index >= 15 is 0 Å². The number of β-amino-alcohol motifs (C(OH)–C–C–N with tert-alkyl or cyclic N) is 1. The Balaban J connectivity index is 1.10. The molecule has 5 atom stereocenters. The number of carbonyl (C=O) groups is 4. The van der Waals surface area contributed by atoms with E-state index < -0.39 is 36.4 Å². The van der Waals surface area contributed by atoms with Gasteiger partial charge in [-0.3, -0.25) is 9.59 Å². The van der Waals surface area contributed by atoms with Gasteiger partial charge in [0.2, 0.25) is 11.8 Å². The summed E-state index contributed by atoms with van der Waals surface area (Å²) in [6.07, 6.45) is 3.36. The zero-order chi connectivity index (χ0) is 36.2. The van der Waals surface area contributed by atoms with E-state index in [2.05, 4.69) is 40.0 Å². The first-order valence-corrected chi connectivity index (χ1v) is 16.8. The summed E-state index contributed by atoms with van der Waals surface area (Å²) in [6, 6.07) is 13.9. The third-order valence-corrected chi connectivity index (χ3v) is 9.43. The number of nitrogens with one attached hydrogen (secondary N) is 4. The van der Waals surface area contributed by atoms with E-state index in [9.17, 15) is 24.3 Å². The van der Waals surface area contributed by atoms with Gasteiger partial charge in [0, 0.05) is 19.5 Å². The number of aromatic amines is 2. The molecule has 2 aromatic carbocycles. The number of H-pyrrole nitrogens is 2. The van der Waals surface area contributed by atoms with Crippen molar-refractivity contribution in [3.63, 3.8) is 0 Å². The van der Waals surface area contributed by atoms with Crippen LogP contribution in [0.4, 0.5) is 9.59 Å². The summed E-state index contributed by atoms with van der Waals surface area (Å²) in [7, 11) is 2.49. The Morgan fingerprint density at radius 2 is 1.20 bits per heavy atom. The minimum atomic E-state index is -0.827. The fourth-order valence-corrected chi connectivity index (χ4v) is 6.71. The summed E-state index contributed by atoms with van der Waals surface area (Å²) in [6.45, 7) is 3.94. The number of methoxy groups -OCH3 is 2. The molecule has 4 amide bonds. The number of nitrogens with zero attached hydrogens (tertiary/aromatic N) is 4. The van der Waals surface area contributed by atoms with Gasteiger partial charge in [-0.25, -0.2) is 19.6 Å². The molecule has 0 aliphatic carbocycles. The number of ether oxygens (including phenoxy) is 2. The van der Waals surface area contributed by atoms with Crippen LogP contribution in [0.1, 0.15) is 56.8 Å². The van der Waals surface area contributed by atoms with Crippen molar-refractivity contribution in [3.8, 4) is 33.6 Å². The first-order valence-electron chi connectivity index (χ1n) is 16.8. The SMILES string of the molecule is COC(=O)N[C@@H](C)C(=O)N1CCC[C@H]1c1ncc(-c2ccc(-c3ccc(-c4cnc([C@@H]5C[C@@H](O)CN5C(=O)[C@H](C)NC(=O)OC)[nH]4)cc3)cc2)[nH]1. The van der Waals surface area contributed by atoms with Crippen LogP contribution >= 0.6 is 0 Å². The molecule has 15 nitrogen and oxygen atoms in total. The van der Waals surface area contributed by atoms with Crippen LogP contribution in [0.2, 0.25) is 0 Å². The fourth-order valence-electron chi connectivity index (χ4n) is 6.71. The quantitative estimate of drug-likeness (QED) is 0.172. The van der Waals surface area contributed by atoms with Gasteiger partial charge in [0.25, 0.3) is 0 Å². The number of likely N-dealkylation sites (tertiary alicyclic amines) is 2. The molecule has 0 spiro atoms. The standard InChI is InChI=1S/C36H42N8O7/c1-20(39-35(48)50-3)33(46)43-15-5-6-29(43)31-37-17-27(41-31)24-11-7-22(8-12-24)23-9-13-25(14-10-23)28-18-38-32(42-28)30-16-26(45)19-44(30)34(47)21(2)40-36(49)51-4/h7-14,17-18,20-21,26,29-30,45H,5-6,15-16,19H2,1-4H3,(H,37,41)(H,38,42)(H,39,48)(H,40,49)/t20-,21-,26+,29-,30-/m0/s1. The minimum Gasteiger partial charge on any atom is -0.453 e. The molecule has 2 saturated heterocycles. The highest BCUT2D eigenvalue weighted by molar-refractivity contribution is 5.86. The van der Waals surface area contributed by atoms with Crippen LogP contribution in [0.25, 0.3) is 33.6 Å². The lowest BCUT2D eigenvalue weighted by molar-refractivity contribution is -0.134. The minimum absolute atomic E-state index is 0.138. The summed E-state index contributed by atoms with van der Waals surface area (Å²) in [5.74, 6) is 0.740. The van der Waals surface area contributed by atoms with Gasteiger partial charge in [0.05, 0.1) is 56.2 Å². The number of hydrogen-bond acceptors (Lipinski definition) is 9. The maximum Gasteiger partial charge on any atom is 0.407 e. The van der Waals surface area contributed by atoms with Crippen molar-refractivity contribution in [2.45, 2.75) is 63.4 Å². The van der Waals surface area contributed by atoms with Gasteiger partial charge in [0.1, 0.15) is 23.7 Å². The lowest BCUT2D eigenvalue weighted by atomic mass is 10.0. The van der Waals surface area contributed by atoms with E-state index in [1.54, 1.807) is 31.1 Å². The number of rotatable bonds is 9. The molecular formula is C36H42N8O7. The highest BCUT2D eigenvalue weighted by atomic mass is 16.5. The molecule has 0 bridgehead atoms. The molecule has 4 aromatic rings. The van der Waals surface area contributed by atoms with Gasteiger partial charge in [-0.05, 0) is 48.9 Å². The number of amides is 4. The summed E-state index contributed by atoms with van der Waals surface area (Å²) in [5.41, 5.74) is 5.52. The Labute approximate surface area is 294 Å². The van der Waals surface area contributed by atoms with Gasteiger partial charge in [-0.1, -0.05) is 48.5 Å². The van der Waals surface area contributed by atoms with Crippen molar-refractivity contribution in [2.75, 3.05) is 27.3 Å². The Morgan fingerprint density at radius 1 is 0.745 bits per heavy atom. The van der Waals surface area contributed by atoms with Crippen LogP contribution in [0.5, 0.6) is 0 Å². The van der Waals surface area contributed by atoms with Crippen LogP contribution in [0.15, 0.2) is 60.9 Å². The van der Waals surface area contributed by atoms with Crippen molar-refractivity contribution < 1.29 is 33.8 Å².